The Labute approximate surface area is 245 Å². The van der Waals surface area contributed by atoms with E-state index in [0.717, 1.165) is 17.8 Å². The highest BCUT2D eigenvalue weighted by Gasteiger charge is 2.54. The van der Waals surface area contributed by atoms with E-state index in [9.17, 15) is 24.3 Å². The first-order chi connectivity index (χ1) is 19.9. The van der Waals surface area contributed by atoms with Crippen LogP contribution >= 0.6 is 34.9 Å². The van der Waals surface area contributed by atoms with Gasteiger partial charge in [-0.2, -0.15) is 0 Å². The summed E-state index contributed by atoms with van der Waals surface area (Å²) < 4.78 is 1.53. The van der Waals surface area contributed by atoms with Crippen molar-refractivity contribution in [2.75, 3.05) is 16.8 Å². The Kier molecular flexibility index (Phi) is 8.79. The molecule has 214 valence electrons. The number of amides is 3. The van der Waals surface area contributed by atoms with Crippen LogP contribution in [0.5, 0.6) is 0 Å². The summed E-state index contributed by atoms with van der Waals surface area (Å²) in [4.78, 5) is 60.5. The number of rotatable bonds is 13. The van der Waals surface area contributed by atoms with E-state index in [-0.39, 0.29) is 34.1 Å². The van der Waals surface area contributed by atoms with Crippen LogP contribution in [0.4, 0.5) is 5.13 Å². The normalized spacial score (nSPS) is 21.8. The molecule has 4 heterocycles. The number of hydrogen-bond acceptors (Lipinski definition) is 13. The van der Waals surface area contributed by atoms with E-state index in [1.807, 2.05) is 12.2 Å². The zero-order valence-corrected chi connectivity index (χ0v) is 23.7. The van der Waals surface area contributed by atoms with Gasteiger partial charge in [-0.25, -0.2) is 14.5 Å². The number of fused-ring (bicyclic) bond motifs is 1. The highest BCUT2D eigenvalue weighted by Crippen LogP contribution is 2.41. The van der Waals surface area contributed by atoms with Crippen molar-refractivity contribution in [3.63, 3.8) is 0 Å². The molecule has 1 saturated heterocycles. The van der Waals surface area contributed by atoms with E-state index < -0.39 is 29.2 Å². The van der Waals surface area contributed by atoms with Crippen molar-refractivity contribution >= 4 is 69.9 Å². The predicted octanol–water partition coefficient (Wildman–Crippen LogP) is 0.854. The van der Waals surface area contributed by atoms with E-state index in [0.29, 0.717) is 35.9 Å². The number of hydrogen-bond donors (Lipinski definition) is 3. The number of carbonyl (C=O) groups excluding carboxylic acids is 3. The third kappa shape index (κ3) is 6.03. The molecular formula is C23H23N9O6S3. The number of β-lactam (4-membered cyclic amide) rings is 1. The van der Waals surface area contributed by atoms with Crippen LogP contribution in [0, 0.1) is 0 Å². The number of aliphatic carboxylic acids is 1. The average molecular weight is 618 g/mol. The van der Waals surface area contributed by atoms with Crippen LogP contribution in [0.15, 0.2) is 51.8 Å². The van der Waals surface area contributed by atoms with Gasteiger partial charge in [-0.15, -0.1) is 34.8 Å². The number of thioether (sulfide) groups is 2. The lowest BCUT2D eigenvalue weighted by molar-refractivity contribution is -0.150. The number of nitrogens with one attached hydrogen (secondary N) is 2. The number of carbonyl (C=O) groups is 4. The Morgan fingerprint density at radius 1 is 1.39 bits per heavy atom. The zero-order valence-electron chi connectivity index (χ0n) is 21.2. The Bertz CT molecular complexity index is 1470. The van der Waals surface area contributed by atoms with E-state index in [1.165, 1.54) is 38.5 Å². The SMILES string of the molecule is C=CCn1nnnc1SCC1=C(C(=O)O)N2C(=O)C(NC(=O)C(=NOC3C=CCC3)c3csc(NC=O)n3)[C@@H]2SC1. The second-order valence-corrected chi connectivity index (χ2v) is 11.6. The summed E-state index contributed by atoms with van der Waals surface area (Å²) in [5.74, 6) is -1.95. The molecule has 0 saturated carbocycles. The molecule has 15 nitrogen and oxygen atoms in total. The average Bonchev–Trinajstić information content (AvgIpc) is 3.74. The monoisotopic (exact) mass is 617 g/mol. The van der Waals surface area contributed by atoms with E-state index in [2.05, 4.69) is 42.9 Å². The highest BCUT2D eigenvalue weighted by atomic mass is 32.2. The summed E-state index contributed by atoms with van der Waals surface area (Å²) in [7, 11) is 0. The number of carboxylic acid groups (broad SMARTS) is 1. The van der Waals surface area contributed by atoms with Crippen molar-refractivity contribution in [2.45, 2.75) is 42.1 Å². The Morgan fingerprint density at radius 2 is 2.24 bits per heavy atom. The van der Waals surface area contributed by atoms with Gasteiger partial charge in [0.05, 0.1) is 6.54 Å². The molecule has 2 aromatic heterocycles. The lowest BCUT2D eigenvalue weighted by atomic mass is 10.0. The molecule has 1 aliphatic carbocycles. The van der Waals surface area contributed by atoms with Crippen LogP contribution in [0.2, 0.25) is 0 Å². The molecule has 5 rings (SSSR count). The van der Waals surface area contributed by atoms with Crippen molar-refractivity contribution in [3.05, 3.63) is 47.2 Å². The molecule has 0 bridgehead atoms. The van der Waals surface area contributed by atoms with Crippen molar-refractivity contribution in [1.29, 1.82) is 0 Å². The number of tetrazole rings is 1. The molecular weight excluding hydrogens is 595 g/mol. The first-order valence-corrected chi connectivity index (χ1v) is 15.1. The molecule has 41 heavy (non-hydrogen) atoms. The maximum Gasteiger partial charge on any atom is 0.352 e. The van der Waals surface area contributed by atoms with Crippen LogP contribution in [0.1, 0.15) is 18.5 Å². The summed E-state index contributed by atoms with van der Waals surface area (Å²) in [5.41, 5.74) is 0.403. The summed E-state index contributed by atoms with van der Waals surface area (Å²) >= 11 is 3.68. The quantitative estimate of drug-likeness (QED) is 0.0718. The molecule has 2 unspecified atom stereocenters. The summed E-state index contributed by atoms with van der Waals surface area (Å²) in [6.45, 7) is 4.06. The highest BCUT2D eigenvalue weighted by molar-refractivity contribution is 8.01. The van der Waals surface area contributed by atoms with Gasteiger partial charge in [-0.3, -0.25) is 19.3 Å². The zero-order chi connectivity index (χ0) is 28.9. The maximum atomic E-state index is 13.3. The van der Waals surface area contributed by atoms with Crippen LogP contribution in [-0.2, 0) is 30.6 Å². The van der Waals surface area contributed by atoms with Gasteiger partial charge in [0, 0.05) is 16.9 Å². The van der Waals surface area contributed by atoms with E-state index >= 15 is 0 Å². The van der Waals surface area contributed by atoms with Crippen molar-refractivity contribution in [1.82, 2.24) is 35.4 Å². The Balaban J connectivity index is 1.31. The molecule has 2 aromatic rings. The van der Waals surface area contributed by atoms with Gasteiger partial charge >= 0.3 is 5.97 Å². The molecule has 18 heteroatoms. The molecule has 3 N–H and O–H groups in total. The first kappa shape index (κ1) is 28.5. The van der Waals surface area contributed by atoms with Crippen LogP contribution < -0.4 is 10.6 Å². The van der Waals surface area contributed by atoms with Gasteiger partial charge in [0.15, 0.2) is 10.8 Å². The fraction of sp³-hybridized carbons (Fsp3) is 0.348. The molecule has 1 fully saturated rings. The minimum atomic E-state index is -1.24. The Hall–Kier alpha value is -4.03. The number of carboxylic acids is 1. The van der Waals surface area contributed by atoms with Crippen molar-refractivity contribution in [2.24, 2.45) is 5.16 Å². The summed E-state index contributed by atoms with van der Waals surface area (Å²) in [6.07, 6.45) is 7.10. The molecule has 0 spiro atoms. The van der Waals surface area contributed by atoms with Gasteiger partial charge < -0.3 is 20.6 Å². The van der Waals surface area contributed by atoms with E-state index in [1.54, 1.807) is 6.08 Å². The smallest absolute Gasteiger partial charge is 0.352 e. The van der Waals surface area contributed by atoms with Gasteiger partial charge in [0.1, 0.15) is 28.9 Å². The van der Waals surface area contributed by atoms with Gasteiger partial charge in [0.25, 0.3) is 11.8 Å². The topological polar surface area (TPSA) is 194 Å². The third-order valence-corrected chi connectivity index (χ3v) is 9.26. The number of thiazole rings is 1. The van der Waals surface area contributed by atoms with Gasteiger partial charge in [-0.1, -0.05) is 29.1 Å². The number of oxime groups is 1. The van der Waals surface area contributed by atoms with Crippen molar-refractivity contribution in [3.8, 4) is 0 Å². The molecule has 3 amide bonds. The molecule has 2 aliphatic heterocycles. The fourth-order valence-corrected chi connectivity index (χ4v) is 7.24. The number of allylic oxidation sites excluding steroid dienone is 2. The van der Waals surface area contributed by atoms with Crippen molar-refractivity contribution < 1.29 is 29.1 Å². The Morgan fingerprint density at radius 3 is 2.98 bits per heavy atom. The molecule has 3 aliphatic rings. The number of aromatic nitrogens is 5. The molecule has 3 atom stereocenters. The fourth-order valence-electron chi connectivity index (χ4n) is 4.21. The van der Waals surface area contributed by atoms with Crippen LogP contribution in [0.25, 0.3) is 0 Å². The lowest BCUT2D eigenvalue weighted by Crippen LogP contribution is -2.71. The minimum Gasteiger partial charge on any atom is -0.477 e. The largest absolute Gasteiger partial charge is 0.477 e. The number of nitrogens with zero attached hydrogens (tertiary/aromatic N) is 7. The standard InChI is InChI=1S/C23H23N9O6S3/c1-2-7-31-23(27-29-30-31)41-9-12-8-39-20-16(19(35)32(20)17(12)21(36)37)26-18(34)15(28-38-13-5-3-4-6-13)14-10-40-22(25-14)24-11-33/h2-3,5,10-11,13,16,20H,1,4,6-9H2,(H,26,34)(H,36,37)(H,24,25,33)/t13?,16?,20-/m0/s1. The summed E-state index contributed by atoms with van der Waals surface area (Å²) in [6, 6.07) is -0.987. The predicted molar refractivity (Wildman–Crippen MR) is 150 cm³/mol. The maximum absolute atomic E-state index is 13.3. The van der Waals surface area contributed by atoms with Crippen LogP contribution in [0.3, 0.4) is 0 Å². The minimum absolute atomic E-state index is 0.117. The number of anilines is 1. The van der Waals surface area contributed by atoms with Gasteiger partial charge in [-0.05, 0) is 34.9 Å². The lowest BCUT2D eigenvalue weighted by Gasteiger charge is -2.49. The molecule has 0 aromatic carbocycles. The molecule has 0 radical (unpaired) electrons. The third-order valence-electron chi connectivity index (χ3n) is 6.11. The van der Waals surface area contributed by atoms with Crippen LogP contribution in [-0.4, -0.2) is 94.1 Å². The summed E-state index contributed by atoms with van der Waals surface area (Å²) in [5, 5.41) is 32.2. The van der Waals surface area contributed by atoms with E-state index in [4.69, 9.17) is 4.84 Å². The van der Waals surface area contributed by atoms with Gasteiger partial charge in [0.2, 0.25) is 11.6 Å². The first-order valence-electron chi connectivity index (χ1n) is 12.2. The second-order valence-electron chi connectivity index (χ2n) is 8.73. The second kappa shape index (κ2) is 12.6.